The van der Waals surface area contributed by atoms with Gasteiger partial charge >= 0.3 is 0 Å². The van der Waals surface area contributed by atoms with Crippen LogP contribution in [0.1, 0.15) is 36.1 Å². The summed E-state index contributed by atoms with van der Waals surface area (Å²) in [6.07, 6.45) is 9.41. The van der Waals surface area contributed by atoms with Gasteiger partial charge in [0.05, 0.1) is 12.4 Å². The largest absolute Gasteiger partial charge is 0.352 e. The maximum atomic E-state index is 15.0. The number of thioether (sulfide) groups is 1. The molecule has 0 amide bonds. The summed E-state index contributed by atoms with van der Waals surface area (Å²) in [5, 5.41) is 10.6. The van der Waals surface area contributed by atoms with Crippen LogP contribution in [0, 0.1) is 18.6 Å². The summed E-state index contributed by atoms with van der Waals surface area (Å²) in [5.41, 5.74) is 1.73. The van der Waals surface area contributed by atoms with E-state index in [1.54, 1.807) is 19.5 Å². The Hall–Kier alpha value is -3.67. The summed E-state index contributed by atoms with van der Waals surface area (Å²) in [7, 11) is 1.59. The average Bonchev–Trinajstić information content (AvgIpc) is 3.37. The van der Waals surface area contributed by atoms with Gasteiger partial charge in [-0.25, -0.2) is 13.8 Å². The molecular formula is C25H27F2N9S. The van der Waals surface area contributed by atoms with Crippen LogP contribution in [0.3, 0.4) is 0 Å². The lowest BCUT2D eigenvalue weighted by atomic mass is 10.1. The monoisotopic (exact) mass is 523 g/mol. The molecule has 4 heterocycles. The summed E-state index contributed by atoms with van der Waals surface area (Å²) in [6, 6.07) is 4.83. The van der Waals surface area contributed by atoms with Gasteiger partial charge in [0.15, 0.2) is 17.5 Å². The van der Waals surface area contributed by atoms with Gasteiger partial charge in [-0.15, -0.1) is 11.8 Å². The highest BCUT2D eigenvalue weighted by Gasteiger charge is 2.38. The molecule has 1 aromatic carbocycles. The van der Waals surface area contributed by atoms with Gasteiger partial charge in [-0.05, 0) is 44.1 Å². The highest BCUT2D eigenvalue weighted by atomic mass is 32.2. The third kappa shape index (κ3) is 4.50. The fourth-order valence-corrected chi connectivity index (χ4v) is 5.11. The van der Waals surface area contributed by atoms with Gasteiger partial charge in [-0.2, -0.15) is 15.1 Å². The van der Waals surface area contributed by atoms with Crippen LogP contribution in [0.5, 0.6) is 0 Å². The zero-order chi connectivity index (χ0) is 25.7. The standard InChI is InChI=1S/C25H27F2N9S/c1-14-8-20(33-32-14)29-23-21(15-4-5-15)24(36-11-16(12-36)35-7-6-28-13-35)31-25(30-23)34(2)22-18(26)9-17(37-3)10-19(22)27/h6-10,13,15-16H,4-5,11-12H2,1-3H3,(H2,29,30,31,32,33). The summed E-state index contributed by atoms with van der Waals surface area (Å²) in [6.45, 7) is 3.43. The maximum absolute atomic E-state index is 15.0. The first kappa shape index (κ1) is 23.7. The van der Waals surface area contributed by atoms with Crippen LogP contribution in [0.4, 0.5) is 37.9 Å². The van der Waals surface area contributed by atoms with E-state index >= 15 is 8.78 Å². The Kier molecular flexibility index (Phi) is 5.98. The van der Waals surface area contributed by atoms with Gasteiger partial charge < -0.3 is 19.7 Å². The second-order valence-electron chi connectivity index (χ2n) is 9.51. The summed E-state index contributed by atoms with van der Waals surface area (Å²) >= 11 is 1.28. The van der Waals surface area contributed by atoms with Gasteiger partial charge in [0, 0.05) is 54.8 Å². The number of aryl methyl sites for hydroxylation is 1. The van der Waals surface area contributed by atoms with Crippen LogP contribution < -0.4 is 15.1 Å². The predicted molar refractivity (Wildman–Crippen MR) is 140 cm³/mol. The average molecular weight is 524 g/mol. The number of aromatic amines is 1. The third-order valence-corrected chi connectivity index (χ3v) is 7.53. The summed E-state index contributed by atoms with van der Waals surface area (Å²) < 4.78 is 32.2. The van der Waals surface area contributed by atoms with Crippen molar-refractivity contribution in [3.8, 4) is 0 Å². The number of nitrogens with zero attached hydrogens (tertiary/aromatic N) is 7. The molecule has 4 aromatic rings. The number of hydrogen-bond donors (Lipinski definition) is 2. The molecule has 1 aliphatic carbocycles. The van der Waals surface area contributed by atoms with Crippen LogP contribution in [-0.2, 0) is 0 Å². The number of aromatic nitrogens is 6. The van der Waals surface area contributed by atoms with Crippen molar-refractivity contribution in [2.45, 2.75) is 36.6 Å². The molecule has 0 unspecified atom stereocenters. The normalized spacial score (nSPS) is 15.6. The first-order chi connectivity index (χ1) is 17.9. The number of imidazole rings is 1. The zero-order valence-electron chi connectivity index (χ0n) is 20.7. The van der Waals surface area contributed by atoms with Gasteiger partial charge in [0.2, 0.25) is 5.95 Å². The second-order valence-corrected chi connectivity index (χ2v) is 10.4. The Morgan fingerprint density at radius 2 is 1.89 bits per heavy atom. The molecule has 6 rings (SSSR count). The van der Waals surface area contributed by atoms with E-state index < -0.39 is 11.6 Å². The van der Waals surface area contributed by atoms with Crippen LogP contribution >= 0.6 is 11.8 Å². The smallest absolute Gasteiger partial charge is 0.233 e. The van der Waals surface area contributed by atoms with E-state index in [0.29, 0.717) is 22.4 Å². The highest BCUT2D eigenvalue weighted by molar-refractivity contribution is 7.98. The minimum Gasteiger partial charge on any atom is -0.352 e. The molecule has 2 fully saturated rings. The van der Waals surface area contributed by atoms with Crippen molar-refractivity contribution >= 4 is 40.9 Å². The molecule has 2 N–H and O–H groups in total. The van der Waals surface area contributed by atoms with Crippen molar-refractivity contribution in [3.63, 3.8) is 0 Å². The van der Waals surface area contributed by atoms with Crippen LogP contribution in [0.15, 0.2) is 41.8 Å². The number of halogens is 2. The number of hydrogen-bond acceptors (Lipinski definition) is 8. The van der Waals surface area contributed by atoms with Crippen molar-refractivity contribution in [3.05, 3.63) is 59.8 Å². The van der Waals surface area contributed by atoms with Gasteiger partial charge in [0.25, 0.3) is 0 Å². The molecular weight excluding hydrogens is 496 g/mol. The van der Waals surface area contributed by atoms with Crippen molar-refractivity contribution in [2.75, 3.05) is 41.5 Å². The summed E-state index contributed by atoms with van der Waals surface area (Å²) in [4.78, 5) is 17.9. The van der Waals surface area contributed by atoms with E-state index in [2.05, 4.69) is 30.0 Å². The number of nitrogens with one attached hydrogen (secondary N) is 2. The lowest BCUT2D eigenvalue weighted by Crippen LogP contribution is -2.48. The Morgan fingerprint density at radius 1 is 1.14 bits per heavy atom. The van der Waals surface area contributed by atoms with Crippen molar-refractivity contribution < 1.29 is 8.78 Å². The van der Waals surface area contributed by atoms with Gasteiger partial charge in [-0.1, -0.05) is 0 Å². The second kappa shape index (κ2) is 9.33. The number of rotatable bonds is 8. The number of anilines is 5. The topological polar surface area (TPSA) is 90.8 Å². The quantitative estimate of drug-likeness (QED) is 0.306. The Labute approximate surface area is 217 Å². The fourth-order valence-electron chi connectivity index (χ4n) is 4.67. The van der Waals surface area contributed by atoms with E-state index in [-0.39, 0.29) is 17.7 Å². The molecule has 1 saturated carbocycles. The number of benzene rings is 1. The summed E-state index contributed by atoms with van der Waals surface area (Å²) in [5.74, 6) is 1.21. The van der Waals surface area contributed by atoms with E-state index in [9.17, 15) is 0 Å². The molecule has 0 radical (unpaired) electrons. The molecule has 0 bridgehead atoms. The van der Waals surface area contributed by atoms with Crippen LogP contribution in [0.25, 0.3) is 0 Å². The Morgan fingerprint density at radius 3 is 2.49 bits per heavy atom. The third-order valence-electron chi connectivity index (χ3n) is 6.82. The molecule has 9 nitrogen and oxygen atoms in total. The highest BCUT2D eigenvalue weighted by Crippen LogP contribution is 2.49. The molecule has 37 heavy (non-hydrogen) atoms. The Balaban J connectivity index is 1.42. The molecule has 192 valence electrons. The molecule has 3 aromatic heterocycles. The SMILES string of the molecule is CSc1cc(F)c(N(C)c2nc(Nc3cc(C)[nH]n3)c(C3CC3)c(N3CC(n4ccnc4)C3)n2)c(F)c1. The molecule has 1 aliphatic heterocycles. The molecule has 2 aliphatic rings. The first-order valence-corrected chi connectivity index (χ1v) is 13.3. The minimum absolute atomic E-state index is 0.190. The lowest BCUT2D eigenvalue weighted by molar-refractivity contribution is 0.396. The maximum Gasteiger partial charge on any atom is 0.233 e. The molecule has 0 spiro atoms. The fraction of sp³-hybridized carbons (Fsp3) is 0.360. The lowest BCUT2D eigenvalue weighted by Gasteiger charge is -2.42. The van der Waals surface area contributed by atoms with Crippen molar-refractivity contribution in [1.82, 2.24) is 29.7 Å². The predicted octanol–water partition coefficient (Wildman–Crippen LogP) is 5.15. The van der Waals surface area contributed by atoms with E-state index in [1.165, 1.54) is 28.8 Å². The van der Waals surface area contributed by atoms with Crippen LogP contribution in [0.2, 0.25) is 0 Å². The van der Waals surface area contributed by atoms with Gasteiger partial charge in [-0.3, -0.25) is 5.10 Å². The molecule has 0 atom stereocenters. The number of H-pyrrole nitrogens is 1. The minimum atomic E-state index is -0.662. The van der Waals surface area contributed by atoms with Crippen molar-refractivity contribution in [1.29, 1.82) is 0 Å². The van der Waals surface area contributed by atoms with Crippen molar-refractivity contribution in [2.24, 2.45) is 0 Å². The zero-order valence-corrected chi connectivity index (χ0v) is 21.6. The van der Waals surface area contributed by atoms with Crippen LogP contribution in [-0.4, -0.2) is 56.1 Å². The van der Waals surface area contributed by atoms with E-state index in [0.717, 1.165) is 43.0 Å². The first-order valence-electron chi connectivity index (χ1n) is 12.1. The molecule has 12 heteroatoms. The molecule has 1 saturated heterocycles. The van der Waals surface area contributed by atoms with E-state index in [1.807, 2.05) is 25.5 Å². The Bertz CT molecular complexity index is 1410. The van der Waals surface area contributed by atoms with Gasteiger partial charge in [0.1, 0.15) is 17.3 Å². The van der Waals surface area contributed by atoms with E-state index in [4.69, 9.17) is 9.97 Å².